The van der Waals surface area contributed by atoms with Gasteiger partial charge in [0.15, 0.2) is 0 Å². The van der Waals surface area contributed by atoms with Gasteiger partial charge < -0.3 is 0 Å². The van der Waals surface area contributed by atoms with Gasteiger partial charge in [-0.3, -0.25) is 4.21 Å². The van der Waals surface area contributed by atoms with Crippen LogP contribution in [0.5, 0.6) is 0 Å². The lowest BCUT2D eigenvalue weighted by Gasteiger charge is -1.81. The molecule has 3 heteroatoms. The zero-order chi connectivity index (χ0) is 4.99. The Balaban J connectivity index is 2.83. The highest BCUT2D eigenvalue weighted by atomic mass is 79.9. The molecule has 38 valence electrons. The average molecular weight is 171 g/mol. The maximum atomic E-state index is 10.1. The lowest BCUT2D eigenvalue weighted by molar-refractivity contribution is 0.688. The number of halogens is 1. The summed E-state index contributed by atoms with van der Waals surface area (Å²) in [5.74, 6) is 0.764. The van der Waals surface area contributed by atoms with Crippen LogP contribution >= 0.6 is 15.9 Å². The standard InChI is InChI=1S/C3H7BrOS/c1-6(5)3-2-4/h2-3H2,1H3/t6-/m1/s1. The number of alkyl halides is 1. The van der Waals surface area contributed by atoms with Gasteiger partial charge in [-0.15, -0.1) is 0 Å². The zero-order valence-corrected chi connectivity index (χ0v) is 6.01. The van der Waals surface area contributed by atoms with Gasteiger partial charge in [-0.2, -0.15) is 0 Å². The Bertz CT molecular complexity index is 54.8. The first-order valence-corrected chi connectivity index (χ1v) is 4.48. The highest BCUT2D eigenvalue weighted by Crippen LogP contribution is 1.80. The van der Waals surface area contributed by atoms with Gasteiger partial charge in [0.25, 0.3) is 0 Å². The molecule has 6 heavy (non-hydrogen) atoms. The Kier molecular flexibility index (Phi) is 4.21. The molecule has 0 N–H and O–H groups in total. The molecule has 0 heterocycles. The first-order valence-electron chi connectivity index (χ1n) is 1.63. The van der Waals surface area contributed by atoms with E-state index in [-0.39, 0.29) is 0 Å². The second-order valence-electron chi connectivity index (χ2n) is 0.966. The maximum absolute atomic E-state index is 10.1. The van der Waals surface area contributed by atoms with Crippen LogP contribution in [0.4, 0.5) is 0 Å². The van der Waals surface area contributed by atoms with Crippen molar-refractivity contribution in [3.63, 3.8) is 0 Å². The molecule has 1 atom stereocenters. The molecule has 0 aliphatic carbocycles. The number of rotatable bonds is 2. The highest BCUT2D eigenvalue weighted by Gasteiger charge is 1.82. The minimum Gasteiger partial charge on any atom is -0.260 e. The van der Waals surface area contributed by atoms with Crippen molar-refractivity contribution in [2.75, 3.05) is 17.3 Å². The van der Waals surface area contributed by atoms with Crippen molar-refractivity contribution in [1.29, 1.82) is 0 Å². The van der Waals surface area contributed by atoms with E-state index in [0.29, 0.717) is 0 Å². The van der Waals surface area contributed by atoms with Crippen molar-refractivity contribution < 1.29 is 4.21 Å². The molecular formula is C3H7BrOS. The predicted molar refractivity (Wildman–Crippen MR) is 32.7 cm³/mol. The van der Waals surface area contributed by atoms with Crippen molar-refractivity contribution >= 4 is 26.7 Å². The van der Waals surface area contributed by atoms with E-state index in [1.165, 1.54) is 0 Å². The summed E-state index contributed by atoms with van der Waals surface area (Å²) in [6.07, 6.45) is 1.70. The highest BCUT2D eigenvalue weighted by molar-refractivity contribution is 9.09. The van der Waals surface area contributed by atoms with Crippen molar-refractivity contribution in [2.24, 2.45) is 0 Å². The maximum Gasteiger partial charge on any atom is 0.0329 e. The molecule has 0 unspecified atom stereocenters. The molecule has 0 saturated carbocycles. The van der Waals surface area contributed by atoms with E-state index in [1.54, 1.807) is 6.26 Å². The van der Waals surface area contributed by atoms with E-state index < -0.39 is 10.8 Å². The number of hydrogen-bond donors (Lipinski definition) is 0. The second kappa shape index (κ2) is 3.81. The fraction of sp³-hybridized carbons (Fsp3) is 1.00. The third-order valence-corrected chi connectivity index (χ3v) is 2.07. The lowest BCUT2D eigenvalue weighted by atomic mass is 11.0. The van der Waals surface area contributed by atoms with Crippen LogP contribution in [0.15, 0.2) is 0 Å². The quantitative estimate of drug-likeness (QED) is 0.560. The Morgan fingerprint density at radius 2 is 2.33 bits per heavy atom. The first-order chi connectivity index (χ1) is 2.77. The molecule has 0 amide bonds. The Morgan fingerprint density at radius 3 is 2.33 bits per heavy atom. The largest absolute Gasteiger partial charge is 0.260 e. The van der Waals surface area contributed by atoms with Crippen LogP contribution in [0.3, 0.4) is 0 Å². The van der Waals surface area contributed by atoms with E-state index in [2.05, 4.69) is 15.9 Å². The molecule has 0 aliphatic heterocycles. The third kappa shape index (κ3) is 4.63. The van der Waals surface area contributed by atoms with Gasteiger partial charge in [0.05, 0.1) is 0 Å². The predicted octanol–water partition coefficient (Wildman–Crippen LogP) is 0.760. The lowest BCUT2D eigenvalue weighted by Crippen LogP contribution is -1.92. The van der Waals surface area contributed by atoms with Crippen LogP contribution in [0, 0.1) is 0 Å². The van der Waals surface area contributed by atoms with Gasteiger partial charge in [0, 0.05) is 28.1 Å². The monoisotopic (exact) mass is 170 g/mol. The molecule has 0 aromatic rings. The summed E-state index contributed by atoms with van der Waals surface area (Å²) in [5, 5.41) is 0.843. The minimum absolute atomic E-state index is 0.612. The average Bonchev–Trinajstić information content (AvgIpc) is 1.35. The molecule has 0 aromatic carbocycles. The normalized spacial score (nSPS) is 14.3. The smallest absolute Gasteiger partial charge is 0.0329 e. The Labute approximate surface area is 48.7 Å². The SMILES string of the molecule is C[S@@](=O)CCBr. The van der Waals surface area contributed by atoms with E-state index in [4.69, 9.17) is 0 Å². The molecular weight excluding hydrogens is 164 g/mol. The molecule has 0 rings (SSSR count). The summed E-state index contributed by atoms with van der Waals surface area (Å²) in [6.45, 7) is 0. The Morgan fingerprint density at radius 1 is 1.83 bits per heavy atom. The van der Waals surface area contributed by atoms with Gasteiger partial charge in [-0.1, -0.05) is 15.9 Å². The van der Waals surface area contributed by atoms with Crippen LogP contribution in [-0.4, -0.2) is 21.5 Å². The van der Waals surface area contributed by atoms with Crippen LogP contribution in [0.2, 0.25) is 0 Å². The summed E-state index contributed by atoms with van der Waals surface area (Å²) >= 11 is 3.16. The van der Waals surface area contributed by atoms with Crippen LogP contribution in [-0.2, 0) is 10.8 Å². The fourth-order valence-electron chi connectivity index (χ4n) is 0.109. The molecule has 0 radical (unpaired) electrons. The molecule has 0 aromatic heterocycles. The van der Waals surface area contributed by atoms with Crippen molar-refractivity contribution in [1.82, 2.24) is 0 Å². The van der Waals surface area contributed by atoms with Crippen LogP contribution < -0.4 is 0 Å². The fourth-order valence-corrected chi connectivity index (χ4v) is 1.69. The van der Waals surface area contributed by atoms with Gasteiger partial charge in [-0.05, 0) is 0 Å². The first kappa shape index (κ1) is 6.63. The van der Waals surface area contributed by atoms with Crippen molar-refractivity contribution in [2.45, 2.75) is 0 Å². The summed E-state index contributed by atoms with van der Waals surface area (Å²) < 4.78 is 10.1. The second-order valence-corrected chi connectivity index (χ2v) is 3.31. The molecule has 0 spiro atoms. The molecule has 0 aliphatic rings. The Hall–Kier alpha value is 0.630. The summed E-state index contributed by atoms with van der Waals surface area (Å²) in [7, 11) is -0.612. The molecule has 0 fully saturated rings. The summed E-state index contributed by atoms with van der Waals surface area (Å²) in [5.41, 5.74) is 0. The molecule has 0 bridgehead atoms. The molecule has 1 nitrogen and oxygen atoms in total. The van der Waals surface area contributed by atoms with E-state index >= 15 is 0 Å². The zero-order valence-electron chi connectivity index (χ0n) is 3.61. The van der Waals surface area contributed by atoms with E-state index in [9.17, 15) is 4.21 Å². The van der Waals surface area contributed by atoms with Gasteiger partial charge >= 0.3 is 0 Å². The van der Waals surface area contributed by atoms with Crippen molar-refractivity contribution in [3.8, 4) is 0 Å². The van der Waals surface area contributed by atoms with Crippen molar-refractivity contribution in [3.05, 3.63) is 0 Å². The van der Waals surface area contributed by atoms with Gasteiger partial charge in [-0.25, -0.2) is 0 Å². The molecule has 0 saturated heterocycles. The topological polar surface area (TPSA) is 17.1 Å². The van der Waals surface area contributed by atoms with E-state index in [1.807, 2.05) is 0 Å². The van der Waals surface area contributed by atoms with Crippen LogP contribution in [0.25, 0.3) is 0 Å². The summed E-state index contributed by atoms with van der Waals surface area (Å²) in [4.78, 5) is 0. The van der Waals surface area contributed by atoms with Gasteiger partial charge in [0.1, 0.15) is 0 Å². The summed E-state index contributed by atoms with van der Waals surface area (Å²) in [6, 6.07) is 0. The van der Waals surface area contributed by atoms with Gasteiger partial charge in [0.2, 0.25) is 0 Å². The third-order valence-electron chi connectivity index (χ3n) is 0.365. The number of hydrogen-bond acceptors (Lipinski definition) is 1. The van der Waals surface area contributed by atoms with Crippen LogP contribution in [0.1, 0.15) is 0 Å². The van der Waals surface area contributed by atoms with E-state index in [0.717, 1.165) is 11.1 Å². The minimum atomic E-state index is -0.612.